The average Bonchev–Trinajstić information content (AvgIpc) is 3.07. The summed E-state index contributed by atoms with van der Waals surface area (Å²) >= 11 is -0.0985. The van der Waals surface area contributed by atoms with Gasteiger partial charge in [-0.1, -0.05) is 6.07 Å². The summed E-state index contributed by atoms with van der Waals surface area (Å²) in [5.74, 6) is -0.169. The number of rotatable bonds is 4. The number of hydrogen-bond donors (Lipinski definition) is 1. The molecule has 0 amide bonds. The number of aromatic nitrogens is 3. The van der Waals surface area contributed by atoms with Gasteiger partial charge in [-0.2, -0.15) is 4.98 Å². The first-order chi connectivity index (χ1) is 10.2. The average molecular weight is 321 g/mol. The van der Waals surface area contributed by atoms with Crippen molar-refractivity contribution in [1.82, 2.24) is 15.0 Å². The first kappa shape index (κ1) is 14.1. The highest BCUT2D eigenvalue weighted by Crippen LogP contribution is 2.26. The summed E-state index contributed by atoms with van der Waals surface area (Å²) in [6.07, 6.45) is 1.65. The molecule has 1 N–H and O–H groups in total. The van der Waals surface area contributed by atoms with E-state index in [0.29, 0.717) is 21.1 Å². The number of carbonyl (C=O) groups is 1. The molecular formula is C13H11N3O3S2. The van der Waals surface area contributed by atoms with Crippen molar-refractivity contribution in [2.24, 2.45) is 0 Å². The number of thiophene rings is 1. The van der Waals surface area contributed by atoms with Crippen molar-refractivity contribution in [3.8, 4) is 0 Å². The van der Waals surface area contributed by atoms with Crippen molar-refractivity contribution >= 4 is 39.5 Å². The Morgan fingerprint density at radius 3 is 3.10 bits per heavy atom. The van der Waals surface area contributed by atoms with Crippen LogP contribution in [0.1, 0.15) is 15.4 Å². The molecule has 0 radical (unpaired) electrons. The molecule has 8 heteroatoms. The summed E-state index contributed by atoms with van der Waals surface area (Å²) in [6, 6.07) is 5.45. The molecule has 0 aliphatic heterocycles. The zero-order valence-electron chi connectivity index (χ0n) is 11.0. The summed E-state index contributed by atoms with van der Waals surface area (Å²) in [7, 11) is 1.32. The van der Waals surface area contributed by atoms with Crippen molar-refractivity contribution in [3.63, 3.8) is 0 Å². The van der Waals surface area contributed by atoms with Gasteiger partial charge in [-0.3, -0.25) is 9.97 Å². The van der Waals surface area contributed by atoms with Crippen molar-refractivity contribution in [2.75, 3.05) is 7.11 Å². The van der Waals surface area contributed by atoms with Gasteiger partial charge in [0.05, 0.1) is 18.3 Å². The summed E-state index contributed by atoms with van der Waals surface area (Å²) in [5.41, 5.74) is 1.91. The molecule has 3 aromatic heterocycles. The van der Waals surface area contributed by atoms with Crippen LogP contribution in [0.15, 0.2) is 34.9 Å². The molecule has 0 saturated carbocycles. The predicted molar refractivity (Wildman–Crippen MR) is 79.7 cm³/mol. The number of H-pyrrole nitrogens is 1. The van der Waals surface area contributed by atoms with Crippen molar-refractivity contribution < 1.29 is 14.1 Å². The molecule has 1 unspecified atom stereocenters. The number of fused-ring (bicyclic) bond motifs is 1. The van der Waals surface area contributed by atoms with Gasteiger partial charge in [0.25, 0.3) is 0 Å². The van der Waals surface area contributed by atoms with Crippen LogP contribution in [0.2, 0.25) is 0 Å². The SMILES string of the molecule is COC(=O)c1scc2[nH]c([S+]([O-])Cc3ccccn3)nc12. The molecule has 0 saturated heterocycles. The highest BCUT2D eigenvalue weighted by atomic mass is 32.2. The molecule has 3 heterocycles. The van der Waals surface area contributed by atoms with Crippen LogP contribution in [0.4, 0.5) is 0 Å². The Kier molecular flexibility index (Phi) is 3.91. The Balaban J connectivity index is 1.87. The molecule has 1 atom stereocenters. The molecule has 0 aromatic carbocycles. The maximum absolute atomic E-state index is 12.3. The van der Waals surface area contributed by atoms with Crippen molar-refractivity contribution in [2.45, 2.75) is 10.9 Å². The van der Waals surface area contributed by atoms with E-state index in [-0.39, 0.29) is 5.75 Å². The molecule has 3 aromatic rings. The van der Waals surface area contributed by atoms with Crippen LogP contribution < -0.4 is 0 Å². The Labute approximate surface area is 127 Å². The molecule has 3 rings (SSSR count). The standard InChI is InChI=1S/C13H11N3O3S2/c1-19-12(17)11-10-9(6-20-11)15-13(16-10)21(18)7-8-4-2-3-5-14-8/h2-6H,7H2,1H3,(H,15,16). The molecule has 0 aliphatic carbocycles. The molecule has 108 valence electrons. The normalized spacial score (nSPS) is 12.5. The number of nitrogens with zero attached hydrogens (tertiary/aromatic N) is 2. The lowest BCUT2D eigenvalue weighted by molar-refractivity contribution is 0.0608. The lowest BCUT2D eigenvalue weighted by atomic mass is 10.4. The van der Waals surface area contributed by atoms with Crippen LogP contribution >= 0.6 is 11.3 Å². The number of esters is 1. The van der Waals surface area contributed by atoms with E-state index in [0.717, 1.165) is 5.69 Å². The van der Waals surface area contributed by atoms with Crippen LogP contribution in [0, 0.1) is 0 Å². The third kappa shape index (κ3) is 2.78. The van der Waals surface area contributed by atoms with Gasteiger partial charge in [0.1, 0.15) is 10.4 Å². The fourth-order valence-electron chi connectivity index (χ4n) is 1.83. The maximum atomic E-state index is 12.3. The highest BCUT2D eigenvalue weighted by molar-refractivity contribution is 7.90. The minimum Gasteiger partial charge on any atom is -0.609 e. The number of imidazole rings is 1. The number of nitrogens with one attached hydrogen (secondary N) is 1. The maximum Gasteiger partial charge on any atom is 0.350 e. The van der Waals surface area contributed by atoms with E-state index in [9.17, 15) is 9.35 Å². The second-order valence-electron chi connectivity index (χ2n) is 4.17. The molecule has 0 aliphatic rings. The fraction of sp³-hybridized carbons (Fsp3) is 0.154. The van der Waals surface area contributed by atoms with Crippen LogP contribution in [0.3, 0.4) is 0 Å². The van der Waals surface area contributed by atoms with Crippen LogP contribution in [-0.4, -0.2) is 32.6 Å². The Morgan fingerprint density at radius 1 is 1.52 bits per heavy atom. The second-order valence-corrected chi connectivity index (χ2v) is 6.42. The van der Waals surface area contributed by atoms with E-state index in [1.807, 2.05) is 12.1 Å². The Hall–Kier alpha value is -1.90. The lowest BCUT2D eigenvalue weighted by Crippen LogP contribution is -2.08. The molecule has 0 bridgehead atoms. The lowest BCUT2D eigenvalue weighted by Gasteiger charge is -2.05. The van der Waals surface area contributed by atoms with Gasteiger partial charge < -0.3 is 9.29 Å². The van der Waals surface area contributed by atoms with Crippen LogP contribution in [0.5, 0.6) is 0 Å². The Bertz CT molecular complexity index is 769. The topological polar surface area (TPSA) is 90.9 Å². The van der Waals surface area contributed by atoms with E-state index in [4.69, 9.17) is 4.74 Å². The summed E-state index contributed by atoms with van der Waals surface area (Å²) in [4.78, 5) is 23.4. The quantitative estimate of drug-likeness (QED) is 0.587. The number of methoxy groups -OCH3 is 1. The number of carbonyl (C=O) groups excluding carboxylic acids is 1. The van der Waals surface area contributed by atoms with E-state index < -0.39 is 17.1 Å². The van der Waals surface area contributed by atoms with Gasteiger partial charge in [-0.25, -0.2) is 4.79 Å². The number of hydrogen-bond acceptors (Lipinski definition) is 6. The number of pyridine rings is 1. The monoisotopic (exact) mass is 321 g/mol. The zero-order valence-corrected chi connectivity index (χ0v) is 12.7. The van der Waals surface area contributed by atoms with Crippen LogP contribution in [-0.2, 0) is 21.7 Å². The summed E-state index contributed by atoms with van der Waals surface area (Å²) < 4.78 is 17.0. The van der Waals surface area contributed by atoms with Gasteiger partial charge in [-0.15, -0.1) is 11.3 Å². The van der Waals surface area contributed by atoms with Gasteiger partial charge >= 0.3 is 11.1 Å². The molecule has 21 heavy (non-hydrogen) atoms. The van der Waals surface area contributed by atoms with E-state index >= 15 is 0 Å². The van der Waals surface area contributed by atoms with Crippen molar-refractivity contribution in [3.05, 3.63) is 40.3 Å². The second kappa shape index (κ2) is 5.84. The third-order valence-electron chi connectivity index (χ3n) is 2.81. The smallest absolute Gasteiger partial charge is 0.350 e. The zero-order chi connectivity index (χ0) is 14.8. The number of ether oxygens (including phenoxy) is 1. The van der Waals surface area contributed by atoms with Gasteiger partial charge in [0.2, 0.25) is 0 Å². The van der Waals surface area contributed by atoms with Gasteiger partial charge in [-0.05, 0) is 12.1 Å². The Morgan fingerprint density at radius 2 is 2.38 bits per heavy atom. The molecule has 6 nitrogen and oxygen atoms in total. The van der Waals surface area contributed by atoms with Crippen molar-refractivity contribution in [1.29, 1.82) is 0 Å². The first-order valence-corrected chi connectivity index (χ1v) is 8.22. The minimum absolute atomic E-state index is 0.272. The highest BCUT2D eigenvalue weighted by Gasteiger charge is 2.22. The number of aromatic amines is 1. The third-order valence-corrected chi connectivity index (χ3v) is 4.94. The van der Waals surface area contributed by atoms with E-state index in [1.54, 1.807) is 17.6 Å². The van der Waals surface area contributed by atoms with Gasteiger partial charge in [0, 0.05) is 22.8 Å². The first-order valence-electron chi connectivity index (χ1n) is 6.03. The largest absolute Gasteiger partial charge is 0.609 e. The van der Waals surface area contributed by atoms with E-state index in [1.165, 1.54) is 18.4 Å². The molecular weight excluding hydrogens is 310 g/mol. The minimum atomic E-state index is -1.35. The predicted octanol–water partition coefficient (Wildman–Crippen LogP) is 2.11. The van der Waals surface area contributed by atoms with Crippen LogP contribution in [0.25, 0.3) is 11.0 Å². The summed E-state index contributed by atoms with van der Waals surface area (Å²) in [5, 5.41) is 2.10. The van der Waals surface area contributed by atoms with Gasteiger partial charge in [0.15, 0.2) is 5.75 Å². The summed E-state index contributed by atoms with van der Waals surface area (Å²) in [6.45, 7) is 0. The fourth-order valence-corrected chi connectivity index (χ4v) is 3.67. The molecule has 0 fully saturated rings. The van der Waals surface area contributed by atoms with E-state index in [2.05, 4.69) is 15.0 Å². The molecule has 0 spiro atoms.